The summed E-state index contributed by atoms with van der Waals surface area (Å²) in [4.78, 5) is 49.5. The number of rotatable bonds is 16. The molecule has 1 fully saturated rings. The van der Waals surface area contributed by atoms with E-state index in [0.29, 0.717) is 10.7 Å². The fourth-order valence-corrected chi connectivity index (χ4v) is 10.3. The van der Waals surface area contributed by atoms with Crippen LogP contribution in [0.2, 0.25) is 5.02 Å². The number of ether oxygens (including phenoxy) is 1. The van der Waals surface area contributed by atoms with Crippen molar-refractivity contribution in [3.05, 3.63) is 93.0 Å². The maximum atomic E-state index is 15.5. The van der Waals surface area contributed by atoms with E-state index in [1.807, 2.05) is 0 Å². The first-order valence-electron chi connectivity index (χ1n) is 25.0. The molecule has 3 amide bonds. The molecule has 4 heterocycles. The molecule has 0 radical (unpaired) electrons. The Hall–Kier alpha value is -6.69. The van der Waals surface area contributed by atoms with Gasteiger partial charge in [-0.3, -0.25) is 9.48 Å². The summed E-state index contributed by atoms with van der Waals surface area (Å²) in [7, 11) is 1.02. The minimum atomic E-state index is -5.20. The van der Waals surface area contributed by atoms with Crippen LogP contribution in [-0.2, 0) is 50.6 Å². The van der Waals surface area contributed by atoms with Gasteiger partial charge in [0, 0.05) is 23.6 Å². The Morgan fingerprint density at radius 1 is 0.939 bits per heavy atom. The molecule has 0 bridgehead atoms. The number of pyridine rings is 1. The van der Waals surface area contributed by atoms with Gasteiger partial charge in [-0.2, -0.15) is 40.2 Å². The summed E-state index contributed by atoms with van der Waals surface area (Å²) in [6.07, 6.45) is -7.80. The number of alkyl halides is 8. The molecule has 0 saturated carbocycles. The number of carbonyl (C=O) groups is 3. The molecule has 3 aromatic heterocycles. The summed E-state index contributed by atoms with van der Waals surface area (Å²) in [5, 5.41) is 21.6. The van der Waals surface area contributed by atoms with Crippen molar-refractivity contribution in [2.45, 2.75) is 108 Å². The summed E-state index contributed by atoms with van der Waals surface area (Å²) in [6.45, 7) is 7.19. The fraction of sp³-hybridized carbons (Fsp3) is 0.462. The number of anilines is 1. The number of nitrogens with zero attached hydrogens (tertiary/aromatic N) is 9. The molecule has 16 nitrogen and oxygen atoms in total. The molecule has 2 aromatic carbocycles. The molecular formula is C52H53BClF10N11O5S2. The van der Waals surface area contributed by atoms with Crippen LogP contribution in [0.5, 0.6) is 0 Å². The zero-order chi connectivity index (χ0) is 60.4. The molecule has 2 atom stereocenters. The summed E-state index contributed by atoms with van der Waals surface area (Å²) < 4.78 is 159. The minimum absolute atomic E-state index is 0.00984. The van der Waals surface area contributed by atoms with Crippen molar-refractivity contribution in [1.29, 1.82) is 5.26 Å². The molecule has 438 valence electrons. The number of alkyl carbamates (subject to hydrolysis) is 1. The van der Waals surface area contributed by atoms with Crippen LogP contribution in [0.25, 0.3) is 22.0 Å². The fourth-order valence-electron chi connectivity index (χ4n) is 9.38. The molecule has 2 N–H and O–H groups in total. The summed E-state index contributed by atoms with van der Waals surface area (Å²) in [5.41, 5.74) is -5.11. The number of halogens is 11. The van der Waals surface area contributed by atoms with E-state index in [1.165, 1.54) is 48.5 Å². The van der Waals surface area contributed by atoms with Gasteiger partial charge >= 0.3 is 226 Å². The SMILES string of the molecule is CSN(C(=O)CN1CCN(C(=BOC#N)NC(=O)OC(C)(C)C)CC1)c1nn(CC(F)(F)F)c2c(-c3ccc(C#CC(C)(C)SC)nc3C(Cc3cc(F)cc(F)c3)NC(=O)Cn3nc(C(F)(F)F)c4c3C(F)(F)C[C@@H]4C)ccc(Cl)c12. The van der Waals surface area contributed by atoms with Crippen molar-refractivity contribution in [2.75, 3.05) is 49.5 Å². The van der Waals surface area contributed by atoms with Gasteiger partial charge in [-0.25, -0.2) is 13.8 Å². The molecule has 0 spiro atoms. The Bertz CT molecular complexity index is 3380. The monoisotopic (exact) mass is 1210 g/mol. The van der Waals surface area contributed by atoms with Gasteiger partial charge in [-0.05, 0) is 68.2 Å². The van der Waals surface area contributed by atoms with Gasteiger partial charge < -0.3 is 5.32 Å². The molecule has 1 unspecified atom stereocenters. The predicted molar refractivity (Wildman–Crippen MR) is 289 cm³/mol. The number of hydrogen-bond acceptors (Lipinski definition) is 13. The van der Waals surface area contributed by atoms with Crippen LogP contribution in [-0.4, -0.2) is 127 Å². The molecule has 30 heteroatoms. The number of benzene rings is 2. The molecule has 1 aliphatic carbocycles. The van der Waals surface area contributed by atoms with E-state index in [2.05, 4.69) is 32.7 Å². The first-order valence-corrected chi connectivity index (χ1v) is 27.7. The number of amides is 3. The molecular weight excluding hydrogens is 1160 g/mol. The van der Waals surface area contributed by atoms with Crippen molar-refractivity contribution in [2.24, 2.45) is 0 Å². The van der Waals surface area contributed by atoms with Crippen LogP contribution in [0.1, 0.15) is 93.8 Å². The zero-order valence-corrected chi connectivity index (χ0v) is 47.6. The summed E-state index contributed by atoms with van der Waals surface area (Å²) in [5.74, 6) is -3.50. The third-order valence-electron chi connectivity index (χ3n) is 12.9. The molecule has 82 heavy (non-hydrogen) atoms. The Morgan fingerprint density at radius 3 is 2.20 bits per heavy atom. The Morgan fingerprint density at radius 2 is 1.60 bits per heavy atom. The molecule has 7 rings (SSSR count). The van der Waals surface area contributed by atoms with Crippen molar-refractivity contribution >= 4 is 82.8 Å². The van der Waals surface area contributed by atoms with Crippen LogP contribution >= 0.6 is 35.3 Å². The topological polar surface area (TPSA) is 176 Å². The molecule has 1 saturated heterocycles. The first kappa shape index (κ1) is 62.9. The van der Waals surface area contributed by atoms with Gasteiger partial charge in [0.15, 0.2) is 5.69 Å². The van der Waals surface area contributed by atoms with Gasteiger partial charge in [0.2, 0.25) is 5.91 Å². The predicted octanol–water partition coefficient (Wildman–Crippen LogP) is 9.96. The van der Waals surface area contributed by atoms with Crippen LogP contribution in [0.4, 0.5) is 54.5 Å². The normalized spacial score (nSPS) is 16.1. The van der Waals surface area contributed by atoms with Crippen LogP contribution in [0.15, 0.2) is 42.5 Å². The number of nitriles is 1. The van der Waals surface area contributed by atoms with E-state index in [4.69, 9.17) is 31.2 Å². The Balaban J connectivity index is 1.33. The zero-order valence-electron chi connectivity index (χ0n) is 45.2. The van der Waals surface area contributed by atoms with Crippen molar-refractivity contribution in [3.63, 3.8) is 0 Å². The second-order valence-corrected chi connectivity index (χ2v) is 23.2. The van der Waals surface area contributed by atoms with Crippen molar-refractivity contribution in [1.82, 2.24) is 45.0 Å². The van der Waals surface area contributed by atoms with E-state index >= 15 is 8.78 Å². The number of aromatic nitrogens is 5. The van der Waals surface area contributed by atoms with Gasteiger partial charge in [0.05, 0.1) is 16.5 Å². The number of hydrogen-bond donors (Lipinski definition) is 2. The van der Waals surface area contributed by atoms with Crippen LogP contribution in [0, 0.1) is 35.0 Å². The standard InChI is InChI=1S/C52H53BClF10N11O5S2/c1-28-23-50(57,58)44-39(28)43(52(62,63)64)69-73(44)24-37(76)67-36(21-29-19-30(55)22-31(56)20-29)41-33(10-9-32(66-41)13-14-49(5,6)81-7)34-11-12-35(54)40-42(34)74(26-51(59,60)61)70-45(40)75(82-8)38(77)25-71-15-17-72(18-16-71)46(53-79-27-65)68-47(78)80-48(2,3)4/h9-12,19-20,22,28,36H,15-18,21,23-26H2,1-8H3,(H,67,76)(H,68,78)/t28-,36?/m0/s1. The van der Waals surface area contributed by atoms with E-state index in [0.717, 1.165) is 42.4 Å². The first-order chi connectivity index (χ1) is 38.2. The van der Waals surface area contributed by atoms with Gasteiger partial charge in [0.1, 0.15) is 29.6 Å². The quantitative estimate of drug-likeness (QED) is 0.0314. The van der Waals surface area contributed by atoms with Crippen molar-refractivity contribution < 1.29 is 67.7 Å². The van der Waals surface area contributed by atoms with Gasteiger partial charge in [0.25, 0.3) is 5.92 Å². The van der Waals surface area contributed by atoms with Gasteiger partial charge in [-0.1, -0.05) is 18.9 Å². The summed E-state index contributed by atoms with van der Waals surface area (Å²) in [6, 6.07) is 6.19. The summed E-state index contributed by atoms with van der Waals surface area (Å²) >= 11 is 9.07. The van der Waals surface area contributed by atoms with E-state index in [-0.39, 0.29) is 92.9 Å². The van der Waals surface area contributed by atoms with E-state index < -0.39 is 113 Å². The van der Waals surface area contributed by atoms with Crippen LogP contribution < -0.4 is 14.9 Å². The number of piperazine rings is 1. The average molecular weight is 1210 g/mol. The van der Waals surface area contributed by atoms with E-state index in [9.17, 15) is 49.5 Å². The second-order valence-electron chi connectivity index (χ2n) is 20.7. The number of nitrogens with one attached hydrogen (secondary N) is 2. The third kappa shape index (κ3) is 15.1. The third-order valence-corrected chi connectivity index (χ3v) is 15.1. The number of fused-ring (bicyclic) bond motifs is 2. The molecule has 5 aromatic rings. The van der Waals surface area contributed by atoms with Crippen LogP contribution in [0.3, 0.4) is 0 Å². The van der Waals surface area contributed by atoms with Gasteiger partial charge in [-0.15, -0.1) is 11.8 Å². The average Bonchev–Trinajstić information content (AvgIpc) is 3.36. The van der Waals surface area contributed by atoms with Crippen molar-refractivity contribution in [3.8, 4) is 29.2 Å². The molecule has 2 aliphatic rings. The maximum absolute atomic E-state index is 15.5. The Labute approximate surface area is 478 Å². The van der Waals surface area contributed by atoms with E-state index in [1.54, 1.807) is 50.7 Å². The number of thioether (sulfide) groups is 1. The molecule has 1 aliphatic heterocycles. The number of carbonyl (C=O) groups excluding carboxylic acids is 3. The second kappa shape index (κ2) is 24.6. The Kier molecular flexibility index (Phi) is 18.9.